The first-order valence-electron chi connectivity index (χ1n) is 5.05. The van der Waals surface area contributed by atoms with Gasteiger partial charge in [-0.1, -0.05) is 23.8 Å². The molecule has 0 radical (unpaired) electrons. The highest BCUT2D eigenvalue weighted by atomic mass is 35.5. The minimum atomic E-state index is -0.394. The zero-order valence-corrected chi connectivity index (χ0v) is 10.7. The fourth-order valence-electron chi connectivity index (χ4n) is 1.42. The van der Waals surface area contributed by atoms with Gasteiger partial charge in [-0.25, -0.2) is 9.37 Å². The predicted molar refractivity (Wildman–Crippen MR) is 74.8 cm³/mol. The maximum atomic E-state index is 13.1. The maximum Gasteiger partial charge on any atom is 0.140 e. The summed E-state index contributed by atoms with van der Waals surface area (Å²) in [5.41, 5.74) is 6.57. The summed E-state index contributed by atoms with van der Waals surface area (Å²) in [7, 11) is 0. The first kappa shape index (κ1) is 12.7. The molecule has 6 heteroatoms. The molecule has 92 valence electrons. The standard InChI is InChI=1S/C12H9ClFN3S/c13-9-4-3-7(14)6-10(9)17-12-8(11(15)18)2-1-5-16-12/h1-6H,(H2,15,18)(H,16,17). The molecule has 0 bridgehead atoms. The third kappa shape index (κ3) is 2.75. The molecule has 0 spiro atoms. The first-order valence-corrected chi connectivity index (χ1v) is 5.83. The quantitative estimate of drug-likeness (QED) is 0.848. The van der Waals surface area contributed by atoms with Gasteiger partial charge in [-0.2, -0.15) is 0 Å². The second kappa shape index (κ2) is 5.29. The van der Waals surface area contributed by atoms with Gasteiger partial charge in [0.25, 0.3) is 0 Å². The van der Waals surface area contributed by atoms with E-state index in [1.165, 1.54) is 18.2 Å². The Morgan fingerprint density at radius 2 is 2.17 bits per heavy atom. The van der Waals surface area contributed by atoms with Crippen LogP contribution in [-0.4, -0.2) is 9.97 Å². The van der Waals surface area contributed by atoms with Gasteiger partial charge in [0.2, 0.25) is 0 Å². The highest BCUT2D eigenvalue weighted by Crippen LogP contribution is 2.26. The molecular weight excluding hydrogens is 273 g/mol. The number of halogens is 2. The van der Waals surface area contributed by atoms with Crippen molar-refractivity contribution in [3.8, 4) is 0 Å². The molecule has 0 unspecified atom stereocenters. The smallest absolute Gasteiger partial charge is 0.140 e. The number of anilines is 2. The van der Waals surface area contributed by atoms with Gasteiger partial charge in [-0.05, 0) is 30.3 Å². The highest BCUT2D eigenvalue weighted by Gasteiger charge is 2.08. The van der Waals surface area contributed by atoms with E-state index < -0.39 is 5.82 Å². The van der Waals surface area contributed by atoms with Crippen LogP contribution in [0.3, 0.4) is 0 Å². The molecule has 0 saturated heterocycles. The summed E-state index contributed by atoms with van der Waals surface area (Å²) >= 11 is 10.9. The molecule has 0 fully saturated rings. The minimum absolute atomic E-state index is 0.207. The molecule has 2 rings (SSSR count). The second-order valence-electron chi connectivity index (χ2n) is 3.51. The molecule has 1 aromatic carbocycles. The lowest BCUT2D eigenvalue weighted by Gasteiger charge is -2.11. The number of thiocarbonyl (C=S) groups is 1. The third-order valence-electron chi connectivity index (χ3n) is 2.25. The van der Waals surface area contributed by atoms with E-state index in [0.29, 0.717) is 22.1 Å². The number of hydrogen-bond acceptors (Lipinski definition) is 3. The lowest BCUT2D eigenvalue weighted by Crippen LogP contribution is -2.12. The van der Waals surface area contributed by atoms with Gasteiger partial charge in [0.15, 0.2) is 0 Å². The van der Waals surface area contributed by atoms with Crippen molar-refractivity contribution in [3.05, 3.63) is 52.9 Å². The van der Waals surface area contributed by atoms with E-state index in [0.717, 1.165) is 0 Å². The van der Waals surface area contributed by atoms with Crippen LogP contribution in [0.5, 0.6) is 0 Å². The average molecular weight is 282 g/mol. The van der Waals surface area contributed by atoms with E-state index in [-0.39, 0.29) is 4.99 Å². The zero-order chi connectivity index (χ0) is 13.1. The number of hydrogen-bond donors (Lipinski definition) is 2. The first-order chi connectivity index (χ1) is 8.58. The minimum Gasteiger partial charge on any atom is -0.389 e. The normalized spacial score (nSPS) is 10.1. The van der Waals surface area contributed by atoms with Crippen molar-refractivity contribution in [2.75, 3.05) is 5.32 Å². The van der Waals surface area contributed by atoms with Crippen LogP contribution < -0.4 is 11.1 Å². The molecule has 3 N–H and O–H groups in total. The summed E-state index contributed by atoms with van der Waals surface area (Å²) in [4.78, 5) is 4.31. The Hall–Kier alpha value is -1.72. The van der Waals surface area contributed by atoms with Crippen LogP contribution in [-0.2, 0) is 0 Å². The van der Waals surface area contributed by atoms with Gasteiger partial charge < -0.3 is 11.1 Å². The molecular formula is C12H9ClFN3S. The highest BCUT2D eigenvalue weighted by molar-refractivity contribution is 7.80. The Kier molecular flexibility index (Phi) is 3.74. The molecule has 0 aliphatic heterocycles. The van der Waals surface area contributed by atoms with E-state index in [2.05, 4.69) is 10.3 Å². The van der Waals surface area contributed by atoms with Crippen molar-refractivity contribution in [1.82, 2.24) is 4.98 Å². The van der Waals surface area contributed by atoms with Gasteiger partial charge in [0, 0.05) is 6.20 Å². The Balaban J connectivity index is 2.40. The van der Waals surface area contributed by atoms with E-state index in [1.54, 1.807) is 18.3 Å². The van der Waals surface area contributed by atoms with Crippen molar-refractivity contribution in [2.24, 2.45) is 5.73 Å². The molecule has 0 amide bonds. The molecule has 1 aromatic heterocycles. The zero-order valence-electron chi connectivity index (χ0n) is 9.15. The summed E-state index contributed by atoms with van der Waals surface area (Å²) < 4.78 is 13.1. The SMILES string of the molecule is NC(=S)c1cccnc1Nc1cc(F)ccc1Cl. The van der Waals surface area contributed by atoms with Gasteiger partial charge in [0.1, 0.15) is 16.6 Å². The van der Waals surface area contributed by atoms with Crippen molar-refractivity contribution < 1.29 is 4.39 Å². The third-order valence-corrected chi connectivity index (χ3v) is 2.80. The van der Waals surface area contributed by atoms with Crippen LogP contribution >= 0.6 is 23.8 Å². The van der Waals surface area contributed by atoms with E-state index >= 15 is 0 Å². The fraction of sp³-hybridized carbons (Fsp3) is 0. The van der Waals surface area contributed by atoms with Gasteiger partial charge in [0.05, 0.1) is 16.3 Å². The van der Waals surface area contributed by atoms with E-state index in [4.69, 9.17) is 29.6 Å². The van der Waals surface area contributed by atoms with Crippen LogP contribution in [0, 0.1) is 5.82 Å². The summed E-state index contributed by atoms with van der Waals surface area (Å²) in [6.07, 6.45) is 1.58. The number of nitrogens with one attached hydrogen (secondary N) is 1. The fourth-order valence-corrected chi connectivity index (χ4v) is 1.75. The van der Waals surface area contributed by atoms with Crippen molar-refractivity contribution >= 4 is 40.3 Å². The average Bonchev–Trinajstić information content (AvgIpc) is 2.34. The topological polar surface area (TPSA) is 50.9 Å². The number of benzene rings is 1. The van der Waals surface area contributed by atoms with Gasteiger partial charge in [-0.15, -0.1) is 0 Å². The van der Waals surface area contributed by atoms with Crippen LogP contribution in [0.25, 0.3) is 0 Å². The largest absolute Gasteiger partial charge is 0.389 e. The van der Waals surface area contributed by atoms with Gasteiger partial charge in [-0.3, -0.25) is 0 Å². The van der Waals surface area contributed by atoms with Gasteiger partial charge >= 0.3 is 0 Å². The van der Waals surface area contributed by atoms with Crippen LogP contribution in [0.4, 0.5) is 15.9 Å². The van der Waals surface area contributed by atoms with E-state index in [9.17, 15) is 4.39 Å². The molecule has 0 saturated carbocycles. The molecule has 1 heterocycles. The van der Waals surface area contributed by atoms with Crippen molar-refractivity contribution in [1.29, 1.82) is 0 Å². The molecule has 0 aliphatic carbocycles. The van der Waals surface area contributed by atoms with Crippen molar-refractivity contribution in [2.45, 2.75) is 0 Å². The summed E-state index contributed by atoms with van der Waals surface area (Å²) in [6.45, 7) is 0. The van der Waals surface area contributed by atoms with Crippen LogP contribution in [0.1, 0.15) is 5.56 Å². The lowest BCUT2D eigenvalue weighted by molar-refractivity contribution is 0.628. The monoisotopic (exact) mass is 281 g/mol. The molecule has 0 aliphatic rings. The number of aromatic nitrogens is 1. The number of nitrogens with zero attached hydrogens (tertiary/aromatic N) is 1. The number of nitrogens with two attached hydrogens (primary N) is 1. The Morgan fingerprint density at radius 1 is 1.39 bits per heavy atom. The van der Waals surface area contributed by atoms with E-state index in [1.807, 2.05) is 0 Å². The molecule has 3 nitrogen and oxygen atoms in total. The van der Waals surface area contributed by atoms with Crippen molar-refractivity contribution in [3.63, 3.8) is 0 Å². The maximum absolute atomic E-state index is 13.1. The Morgan fingerprint density at radius 3 is 2.89 bits per heavy atom. The molecule has 18 heavy (non-hydrogen) atoms. The van der Waals surface area contributed by atoms with Crippen LogP contribution in [0.15, 0.2) is 36.5 Å². The molecule has 2 aromatic rings. The second-order valence-corrected chi connectivity index (χ2v) is 4.36. The predicted octanol–water partition coefficient (Wildman–Crippen LogP) is 3.25. The number of pyridine rings is 1. The lowest BCUT2D eigenvalue weighted by atomic mass is 10.2. The molecule has 0 atom stereocenters. The van der Waals surface area contributed by atoms with Crippen LogP contribution in [0.2, 0.25) is 5.02 Å². The number of rotatable bonds is 3. The summed E-state index contributed by atoms with van der Waals surface area (Å²) in [6, 6.07) is 7.46. The summed E-state index contributed by atoms with van der Waals surface area (Å²) in [5, 5.41) is 3.30. The summed E-state index contributed by atoms with van der Waals surface area (Å²) in [5.74, 6) is 0.0483. The Bertz CT molecular complexity index is 604. The Labute approximate surface area is 114 Å².